The molecule has 16 heavy (non-hydrogen) atoms. The minimum absolute atomic E-state index is 0.0809. The van der Waals surface area contributed by atoms with Gasteiger partial charge in [-0.1, -0.05) is 6.08 Å². The van der Waals surface area contributed by atoms with Gasteiger partial charge in [0.2, 0.25) is 5.91 Å². The normalized spacial score (nSPS) is 20.2. The molecule has 0 aromatic carbocycles. The van der Waals surface area contributed by atoms with E-state index in [1.807, 2.05) is 0 Å². The summed E-state index contributed by atoms with van der Waals surface area (Å²) in [5.41, 5.74) is 0. The van der Waals surface area contributed by atoms with Crippen molar-refractivity contribution in [1.29, 1.82) is 0 Å². The average molecular weight is 285 g/mol. The molecule has 5 heteroatoms. The van der Waals surface area contributed by atoms with Gasteiger partial charge in [-0.05, 0) is 22.0 Å². The molecule has 1 aromatic heterocycles. The molecule has 0 aliphatic carbocycles. The first kappa shape index (κ1) is 11.3. The van der Waals surface area contributed by atoms with E-state index in [9.17, 15) is 9.18 Å². The van der Waals surface area contributed by atoms with Crippen molar-refractivity contribution >= 4 is 27.7 Å². The summed E-state index contributed by atoms with van der Waals surface area (Å²) in [4.78, 5) is 16.9. The van der Waals surface area contributed by atoms with Gasteiger partial charge in [-0.25, -0.2) is 9.37 Å². The Hall–Kier alpha value is -1.23. The number of rotatable bonds is 2. The number of amides is 1. The van der Waals surface area contributed by atoms with Crippen LogP contribution in [0.1, 0.15) is 6.42 Å². The summed E-state index contributed by atoms with van der Waals surface area (Å²) >= 11 is 3.12. The van der Waals surface area contributed by atoms with Crippen molar-refractivity contribution in [2.75, 3.05) is 11.4 Å². The summed E-state index contributed by atoms with van der Waals surface area (Å²) in [6.07, 6.45) is 3.57. The molecule has 0 spiro atoms. The summed E-state index contributed by atoms with van der Waals surface area (Å²) < 4.78 is 14.2. The summed E-state index contributed by atoms with van der Waals surface area (Å²) in [7, 11) is 0. The number of carbonyl (C=O) groups excluding carboxylic acids is 1. The quantitative estimate of drug-likeness (QED) is 0.782. The van der Waals surface area contributed by atoms with Crippen LogP contribution in [0.3, 0.4) is 0 Å². The standard InChI is InChI=1S/C11H10BrFN2O/c1-2-7-3-10(16)15(6-7)11-9(13)4-8(12)5-14-11/h2,4-5,7H,1,3,6H2. The molecule has 84 valence electrons. The summed E-state index contributed by atoms with van der Waals surface area (Å²) in [5, 5.41) is 0. The van der Waals surface area contributed by atoms with Gasteiger partial charge in [0.1, 0.15) is 0 Å². The van der Waals surface area contributed by atoms with E-state index in [1.54, 1.807) is 6.08 Å². The molecule has 0 N–H and O–H groups in total. The number of nitrogens with zero attached hydrogens (tertiary/aromatic N) is 2. The summed E-state index contributed by atoms with van der Waals surface area (Å²) in [6, 6.07) is 1.30. The van der Waals surface area contributed by atoms with E-state index in [0.29, 0.717) is 17.4 Å². The van der Waals surface area contributed by atoms with Crippen LogP contribution in [-0.4, -0.2) is 17.4 Å². The zero-order valence-electron chi connectivity index (χ0n) is 8.49. The Morgan fingerprint density at radius 3 is 3.00 bits per heavy atom. The first-order chi connectivity index (χ1) is 7.61. The van der Waals surface area contributed by atoms with Crippen molar-refractivity contribution in [3.05, 3.63) is 35.2 Å². The zero-order valence-corrected chi connectivity index (χ0v) is 10.1. The minimum Gasteiger partial charge on any atom is -0.294 e. The number of aromatic nitrogens is 1. The Bertz CT molecular complexity index is 450. The Morgan fingerprint density at radius 2 is 2.44 bits per heavy atom. The molecular formula is C11H10BrFN2O. The number of halogens is 2. The molecule has 1 fully saturated rings. The fourth-order valence-electron chi connectivity index (χ4n) is 1.70. The smallest absolute Gasteiger partial charge is 0.228 e. The molecule has 1 aliphatic heterocycles. The van der Waals surface area contributed by atoms with Gasteiger partial charge < -0.3 is 0 Å². The van der Waals surface area contributed by atoms with Crippen molar-refractivity contribution in [3.63, 3.8) is 0 Å². The van der Waals surface area contributed by atoms with Crippen LogP contribution >= 0.6 is 15.9 Å². The predicted octanol–water partition coefficient (Wildman–Crippen LogP) is 2.52. The average Bonchev–Trinajstić information content (AvgIpc) is 2.60. The van der Waals surface area contributed by atoms with E-state index in [0.717, 1.165) is 0 Å². The molecule has 3 nitrogen and oxygen atoms in total. The molecule has 1 amide bonds. The highest BCUT2D eigenvalue weighted by atomic mass is 79.9. The maximum Gasteiger partial charge on any atom is 0.228 e. The van der Waals surface area contributed by atoms with Crippen molar-refractivity contribution in [3.8, 4) is 0 Å². The van der Waals surface area contributed by atoms with Crippen molar-refractivity contribution in [2.24, 2.45) is 5.92 Å². The third-order valence-corrected chi connectivity index (χ3v) is 2.97. The molecule has 2 heterocycles. The van der Waals surface area contributed by atoms with Crippen LogP contribution < -0.4 is 4.90 Å². The molecule has 0 saturated carbocycles. The van der Waals surface area contributed by atoms with Gasteiger partial charge in [0.05, 0.1) is 0 Å². The highest BCUT2D eigenvalue weighted by Gasteiger charge is 2.31. The second-order valence-electron chi connectivity index (χ2n) is 3.66. The Balaban J connectivity index is 2.31. The van der Waals surface area contributed by atoms with Crippen LogP contribution in [0, 0.1) is 11.7 Å². The van der Waals surface area contributed by atoms with Gasteiger partial charge >= 0.3 is 0 Å². The van der Waals surface area contributed by atoms with Gasteiger partial charge in [0, 0.05) is 29.6 Å². The fourth-order valence-corrected chi connectivity index (χ4v) is 2.01. The Kier molecular flexibility index (Phi) is 3.05. The number of pyridine rings is 1. The van der Waals surface area contributed by atoms with Crippen LogP contribution in [0.15, 0.2) is 29.4 Å². The van der Waals surface area contributed by atoms with E-state index in [1.165, 1.54) is 17.2 Å². The molecular weight excluding hydrogens is 275 g/mol. The van der Waals surface area contributed by atoms with Gasteiger partial charge in [0.25, 0.3) is 0 Å². The number of hydrogen-bond acceptors (Lipinski definition) is 2. The maximum atomic E-state index is 13.6. The molecule has 1 saturated heterocycles. The van der Waals surface area contributed by atoms with Crippen molar-refractivity contribution in [2.45, 2.75) is 6.42 Å². The largest absolute Gasteiger partial charge is 0.294 e. The monoisotopic (exact) mass is 284 g/mol. The topological polar surface area (TPSA) is 33.2 Å². The maximum absolute atomic E-state index is 13.6. The SMILES string of the molecule is C=CC1CC(=O)N(c2ncc(Br)cc2F)C1. The van der Waals surface area contributed by atoms with E-state index < -0.39 is 5.82 Å². The summed E-state index contributed by atoms with van der Waals surface area (Å²) in [5.74, 6) is -0.430. The Labute approximate surface area is 101 Å². The van der Waals surface area contributed by atoms with Crippen LogP contribution in [0.4, 0.5) is 10.2 Å². The summed E-state index contributed by atoms with van der Waals surface area (Å²) in [6.45, 7) is 4.09. The molecule has 1 unspecified atom stereocenters. The van der Waals surface area contributed by atoms with Gasteiger partial charge in [-0.3, -0.25) is 9.69 Å². The lowest BCUT2D eigenvalue weighted by Crippen LogP contribution is -2.26. The lowest BCUT2D eigenvalue weighted by molar-refractivity contribution is -0.117. The molecule has 1 aromatic rings. The lowest BCUT2D eigenvalue weighted by Gasteiger charge is -2.15. The minimum atomic E-state index is -0.493. The van der Waals surface area contributed by atoms with E-state index in [2.05, 4.69) is 27.5 Å². The zero-order chi connectivity index (χ0) is 11.7. The predicted molar refractivity (Wildman–Crippen MR) is 62.6 cm³/mol. The molecule has 0 radical (unpaired) electrons. The number of carbonyl (C=O) groups is 1. The van der Waals surface area contributed by atoms with Gasteiger partial charge in [-0.2, -0.15) is 0 Å². The van der Waals surface area contributed by atoms with E-state index >= 15 is 0 Å². The fraction of sp³-hybridized carbons (Fsp3) is 0.273. The molecule has 2 rings (SSSR count). The second kappa shape index (κ2) is 4.33. The van der Waals surface area contributed by atoms with Crippen LogP contribution in [0.2, 0.25) is 0 Å². The van der Waals surface area contributed by atoms with Crippen LogP contribution in [-0.2, 0) is 4.79 Å². The van der Waals surface area contributed by atoms with E-state index in [4.69, 9.17) is 0 Å². The van der Waals surface area contributed by atoms with Gasteiger partial charge in [-0.15, -0.1) is 6.58 Å². The highest BCUT2D eigenvalue weighted by Crippen LogP contribution is 2.27. The molecule has 1 aliphatic rings. The Morgan fingerprint density at radius 1 is 1.69 bits per heavy atom. The number of hydrogen-bond donors (Lipinski definition) is 0. The first-order valence-electron chi connectivity index (χ1n) is 4.85. The number of anilines is 1. The third kappa shape index (κ3) is 2.00. The van der Waals surface area contributed by atoms with Gasteiger partial charge in [0.15, 0.2) is 11.6 Å². The second-order valence-corrected chi connectivity index (χ2v) is 4.58. The van der Waals surface area contributed by atoms with Crippen LogP contribution in [0.5, 0.6) is 0 Å². The van der Waals surface area contributed by atoms with Crippen molar-refractivity contribution in [1.82, 2.24) is 4.98 Å². The van der Waals surface area contributed by atoms with Crippen molar-refractivity contribution < 1.29 is 9.18 Å². The van der Waals surface area contributed by atoms with Crippen LogP contribution in [0.25, 0.3) is 0 Å². The van der Waals surface area contributed by atoms with E-state index in [-0.39, 0.29) is 17.6 Å². The highest BCUT2D eigenvalue weighted by molar-refractivity contribution is 9.10. The molecule has 1 atom stereocenters. The third-order valence-electron chi connectivity index (χ3n) is 2.53. The first-order valence-corrected chi connectivity index (χ1v) is 5.65. The lowest BCUT2D eigenvalue weighted by atomic mass is 10.1. The molecule has 0 bridgehead atoms.